The second-order valence-corrected chi connectivity index (χ2v) is 4.50. The molecule has 19 heavy (non-hydrogen) atoms. The fourth-order valence-corrected chi connectivity index (χ4v) is 1.43. The Bertz CT molecular complexity index is 131. The molecule has 0 aliphatic carbocycles. The van der Waals surface area contributed by atoms with Gasteiger partial charge in [0, 0.05) is 0 Å². The highest BCUT2D eigenvalue weighted by molar-refractivity contribution is 4.99. The van der Waals surface area contributed by atoms with E-state index in [1.807, 2.05) is 27.7 Å². The summed E-state index contributed by atoms with van der Waals surface area (Å²) in [6.07, 6.45) is 10.3. The molecule has 0 bridgehead atoms. The molecule has 0 spiro atoms. The van der Waals surface area contributed by atoms with Crippen molar-refractivity contribution in [1.82, 2.24) is 0 Å². The molecule has 0 aromatic carbocycles. The monoisotopic (exact) mass is 272 g/mol. The van der Waals surface area contributed by atoms with Gasteiger partial charge in [-0.2, -0.15) is 0 Å². The summed E-state index contributed by atoms with van der Waals surface area (Å²) in [6.45, 7) is 21.4. The first kappa shape index (κ1) is 27.1. The third-order valence-corrected chi connectivity index (χ3v) is 2.56. The molecule has 0 rings (SSSR count). The topological polar surface area (TPSA) is 0 Å². The first-order valence-electron chi connectivity index (χ1n) is 8.79. The van der Waals surface area contributed by atoms with E-state index in [9.17, 15) is 0 Å². The Labute approximate surface area is 126 Å². The van der Waals surface area contributed by atoms with Crippen molar-refractivity contribution in [2.45, 2.75) is 108 Å². The van der Waals surface area contributed by atoms with Gasteiger partial charge in [-0.1, -0.05) is 106 Å². The van der Waals surface area contributed by atoms with Gasteiger partial charge in [0.05, 0.1) is 0 Å². The van der Waals surface area contributed by atoms with Gasteiger partial charge in [-0.25, -0.2) is 0 Å². The van der Waals surface area contributed by atoms with Gasteiger partial charge in [-0.15, -0.1) is 0 Å². The van der Waals surface area contributed by atoms with Crippen molar-refractivity contribution in [2.75, 3.05) is 0 Å². The smallest absolute Gasteiger partial charge is 0.0262 e. The summed E-state index contributed by atoms with van der Waals surface area (Å²) in [7, 11) is 0. The lowest BCUT2D eigenvalue weighted by molar-refractivity contribution is 0.686. The lowest BCUT2D eigenvalue weighted by atomic mass is 10.0. The SMILES string of the molecule is CC.CC.CCC/C(C)=C\C(C)CC.CCCCC. The van der Waals surface area contributed by atoms with E-state index in [2.05, 4.69) is 47.6 Å². The fourth-order valence-electron chi connectivity index (χ4n) is 1.43. The summed E-state index contributed by atoms with van der Waals surface area (Å²) in [5.41, 5.74) is 1.55. The van der Waals surface area contributed by atoms with Crippen molar-refractivity contribution in [3.63, 3.8) is 0 Å². The molecule has 0 amide bonds. The van der Waals surface area contributed by atoms with Crippen LogP contribution in [-0.4, -0.2) is 0 Å². The maximum atomic E-state index is 2.39. The van der Waals surface area contributed by atoms with E-state index in [0.717, 1.165) is 5.92 Å². The van der Waals surface area contributed by atoms with Gasteiger partial charge in [0.25, 0.3) is 0 Å². The molecule has 0 saturated heterocycles. The molecule has 0 heterocycles. The first-order valence-corrected chi connectivity index (χ1v) is 8.79. The Morgan fingerprint density at radius 2 is 1.26 bits per heavy atom. The normalized spacial score (nSPS) is 10.9. The van der Waals surface area contributed by atoms with Crippen LogP contribution in [0.1, 0.15) is 108 Å². The van der Waals surface area contributed by atoms with Crippen molar-refractivity contribution in [2.24, 2.45) is 5.92 Å². The van der Waals surface area contributed by atoms with Crippen molar-refractivity contribution in [1.29, 1.82) is 0 Å². The van der Waals surface area contributed by atoms with Gasteiger partial charge in [0.15, 0.2) is 0 Å². The summed E-state index contributed by atoms with van der Waals surface area (Å²) in [4.78, 5) is 0. The third-order valence-electron chi connectivity index (χ3n) is 2.56. The Morgan fingerprint density at radius 1 is 0.842 bits per heavy atom. The van der Waals surface area contributed by atoms with E-state index in [0.29, 0.717) is 0 Å². The van der Waals surface area contributed by atoms with Gasteiger partial charge < -0.3 is 0 Å². The van der Waals surface area contributed by atoms with E-state index < -0.39 is 0 Å². The Balaban J connectivity index is -0.000000105. The fraction of sp³-hybridized carbons (Fsp3) is 0.895. The Morgan fingerprint density at radius 3 is 1.47 bits per heavy atom. The first-order chi connectivity index (χ1) is 9.12. The summed E-state index contributed by atoms with van der Waals surface area (Å²) in [5.74, 6) is 0.770. The van der Waals surface area contributed by atoms with Gasteiger partial charge in [0.2, 0.25) is 0 Å². The largest absolute Gasteiger partial charge is 0.0828 e. The molecule has 0 heteroatoms. The van der Waals surface area contributed by atoms with E-state index in [4.69, 9.17) is 0 Å². The molecular formula is C19H44. The third kappa shape index (κ3) is 38.1. The average molecular weight is 273 g/mol. The molecule has 120 valence electrons. The molecule has 0 saturated carbocycles. The van der Waals surface area contributed by atoms with E-state index >= 15 is 0 Å². The number of hydrogen-bond acceptors (Lipinski definition) is 0. The maximum Gasteiger partial charge on any atom is -0.0262 e. The van der Waals surface area contributed by atoms with Crippen LogP contribution in [-0.2, 0) is 0 Å². The molecule has 0 radical (unpaired) electrons. The molecule has 0 aromatic heterocycles. The highest BCUT2D eigenvalue weighted by Gasteiger charge is 1.93. The molecular weight excluding hydrogens is 228 g/mol. The zero-order valence-electron chi connectivity index (χ0n) is 15.9. The van der Waals surface area contributed by atoms with Gasteiger partial charge in [-0.3, -0.25) is 0 Å². The van der Waals surface area contributed by atoms with Crippen molar-refractivity contribution in [3.8, 4) is 0 Å². The number of hydrogen-bond donors (Lipinski definition) is 0. The highest BCUT2D eigenvalue weighted by Crippen LogP contribution is 2.10. The molecule has 0 aromatic rings. The predicted octanol–water partition coefficient (Wildman–Crippen LogP) is 8.03. The predicted molar refractivity (Wildman–Crippen MR) is 96.0 cm³/mol. The molecule has 0 fully saturated rings. The number of unbranched alkanes of at least 4 members (excludes halogenated alkanes) is 2. The van der Waals surface area contributed by atoms with Crippen LogP contribution in [0.15, 0.2) is 11.6 Å². The van der Waals surface area contributed by atoms with Crippen molar-refractivity contribution in [3.05, 3.63) is 11.6 Å². The molecule has 1 unspecified atom stereocenters. The van der Waals surface area contributed by atoms with Gasteiger partial charge >= 0.3 is 0 Å². The van der Waals surface area contributed by atoms with Crippen LogP contribution in [0.4, 0.5) is 0 Å². The summed E-state index contributed by atoms with van der Waals surface area (Å²) < 4.78 is 0. The van der Waals surface area contributed by atoms with Gasteiger partial charge in [-0.05, 0) is 19.3 Å². The lowest BCUT2D eigenvalue weighted by Crippen LogP contribution is -1.87. The van der Waals surface area contributed by atoms with Crippen LogP contribution in [0.2, 0.25) is 0 Å². The highest BCUT2D eigenvalue weighted by atomic mass is 14.0. The van der Waals surface area contributed by atoms with Crippen LogP contribution >= 0.6 is 0 Å². The van der Waals surface area contributed by atoms with E-state index in [1.165, 1.54) is 38.5 Å². The molecule has 0 nitrogen and oxygen atoms in total. The number of rotatable bonds is 6. The minimum Gasteiger partial charge on any atom is -0.0828 e. The number of allylic oxidation sites excluding steroid dienone is 2. The standard InChI is InChI=1S/C10H20.C5H12.2C2H6/c1-5-7-10(4)8-9(3)6-2;1-3-5-4-2;2*1-2/h8-9H,5-7H2,1-4H3;3-5H2,1-2H3;2*1-2H3/b10-8-;;;. The average Bonchev–Trinajstić information content (AvgIpc) is 2.45. The lowest BCUT2D eigenvalue weighted by Gasteiger charge is -2.03. The molecule has 0 N–H and O–H groups in total. The minimum atomic E-state index is 0.770. The van der Waals surface area contributed by atoms with Crippen molar-refractivity contribution < 1.29 is 0 Å². The van der Waals surface area contributed by atoms with Crippen LogP contribution < -0.4 is 0 Å². The summed E-state index contributed by atoms with van der Waals surface area (Å²) in [6, 6.07) is 0. The van der Waals surface area contributed by atoms with Crippen LogP contribution in [0.5, 0.6) is 0 Å². The minimum absolute atomic E-state index is 0.770. The van der Waals surface area contributed by atoms with Crippen LogP contribution in [0, 0.1) is 5.92 Å². The Hall–Kier alpha value is -0.260. The Kier molecular flexibility index (Phi) is 43.8. The van der Waals surface area contributed by atoms with E-state index in [-0.39, 0.29) is 0 Å². The van der Waals surface area contributed by atoms with Gasteiger partial charge in [0.1, 0.15) is 0 Å². The molecule has 0 aliphatic heterocycles. The molecule has 1 atom stereocenters. The second kappa shape index (κ2) is 30.6. The summed E-state index contributed by atoms with van der Waals surface area (Å²) >= 11 is 0. The molecule has 0 aliphatic rings. The zero-order chi connectivity index (χ0) is 16.1. The van der Waals surface area contributed by atoms with Crippen molar-refractivity contribution >= 4 is 0 Å². The van der Waals surface area contributed by atoms with E-state index in [1.54, 1.807) is 5.57 Å². The maximum absolute atomic E-state index is 2.39. The zero-order valence-corrected chi connectivity index (χ0v) is 15.9. The summed E-state index contributed by atoms with van der Waals surface area (Å²) in [5, 5.41) is 0. The van der Waals surface area contributed by atoms with Crippen LogP contribution in [0.3, 0.4) is 0 Å². The van der Waals surface area contributed by atoms with Crippen LogP contribution in [0.25, 0.3) is 0 Å². The quantitative estimate of drug-likeness (QED) is 0.429. The second-order valence-electron chi connectivity index (χ2n) is 4.50.